The number of carbonyl (C=O) groups excluding carboxylic acids is 2. The molecule has 2 rings (SSSR count). The Bertz CT molecular complexity index is 423. The van der Waals surface area contributed by atoms with E-state index in [1.165, 1.54) is 0 Å². The zero-order valence-electron chi connectivity index (χ0n) is 12.0. The molecule has 11 heteroatoms. The van der Waals surface area contributed by atoms with Crippen LogP contribution in [-0.2, 0) is 19.1 Å². The maximum atomic E-state index is 10.7. The summed E-state index contributed by atoms with van der Waals surface area (Å²) in [5.41, 5.74) is 0. The van der Waals surface area contributed by atoms with E-state index in [1.54, 1.807) is 0 Å². The predicted molar refractivity (Wildman–Crippen MR) is 68.9 cm³/mol. The van der Waals surface area contributed by atoms with Gasteiger partial charge in [0.1, 0.15) is 43.7 Å². The number of hydrogen-bond acceptors (Lipinski definition) is 11. The lowest BCUT2D eigenvalue weighted by Crippen LogP contribution is -2.61. The van der Waals surface area contributed by atoms with Gasteiger partial charge in [0.25, 0.3) is 0 Å². The van der Waals surface area contributed by atoms with Crippen molar-refractivity contribution in [3.63, 3.8) is 0 Å². The predicted octanol–water partition coefficient (Wildman–Crippen LogP) is -5.34. The third-order valence-electron chi connectivity index (χ3n) is 3.37. The lowest BCUT2D eigenvalue weighted by atomic mass is 9.98. The van der Waals surface area contributed by atoms with E-state index < -0.39 is 67.7 Å². The lowest BCUT2D eigenvalue weighted by molar-refractivity contribution is -0.319. The van der Waals surface area contributed by atoms with E-state index in [0.29, 0.717) is 0 Å². The van der Waals surface area contributed by atoms with E-state index in [2.05, 4.69) is 9.47 Å². The summed E-state index contributed by atoms with van der Waals surface area (Å²) >= 11 is 0. The third-order valence-corrected chi connectivity index (χ3v) is 3.37. The molecule has 0 aliphatic carbocycles. The molecule has 23 heavy (non-hydrogen) atoms. The van der Waals surface area contributed by atoms with Crippen molar-refractivity contribution in [1.29, 1.82) is 0 Å². The molecule has 2 unspecified atom stereocenters. The first-order chi connectivity index (χ1) is 10.7. The first-order valence-corrected chi connectivity index (χ1v) is 6.66. The Kier molecular flexibility index (Phi) is 7.13. The molecule has 2 aliphatic rings. The maximum absolute atomic E-state index is 10.7. The number of aliphatic hydroxyl groups excluding tert-OH is 5. The van der Waals surface area contributed by atoms with Gasteiger partial charge in [0, 0.05) is 0 Å². The van der Waals surface area contributed by atoms with Gasteiger partial charge in [-0.2, -0.15) is 0 Å². The van der Waals surface area contributed by atoms with Crippen LogP contribution in [0.1, 0.15) is 0 Å². The molecule has 2 aliphatic heterocycles. The number of hydrogen-bond donors (Lipinski definition) is 7. The molecule has 2 heterocycles. The van der Waals surface area contributed by atoms with Gasteiger partial charge in [-0.3, -0.25) is 9.59 Å². The highest BCUT2D eigenvalue weighted by molar-refractivity contribution is 6.40. The van der Waals surface area contributed by atoms with Gasteiger partial charge in [-0.15, -0.1) is 0 Å². The van der Waals surface area contributed by atoms with Crippen LogP contribution < -0.4 is 0 Å². The number of ether oxygens (including phenoxy) is 2. The highest BCUT2D eigenvalue weighted by Gasteiger charge is 2.47. The molecule has 5 atom stereocenters. The summed E-state index contributed by atoms with van der Waals surface area (Å²) in [6.07, 6.45) is -6.61. The first kappa shape index (κ1) is 20.0. The molecule has 0 radical (unpaired) electrons. The molecule has 7 N–H and O–H groups in total. The minimum Gasteiger partial charge on any atom is -0.394 e. The molecule has 0 aromatic heterocycles. The molecule has 0 aromatic rings. The van der Waals surface area contributed by atoms with Gasteiger partial charge in [-0.25, -0.2) is 0 Å². The van der Waals surface area contributed by atoms with Crippen LogP contribution in [0.5, 0.6) is 0 Å². The molecular weight excluding hydrogens is 320 g/mol. The van der Waals surface area contributed by atoms with E-state index in [9.17, 15) is 9.59 Å². The molecule has 2 saturated heterocycles. The fraction of sp³-hybridized carbons (Fsp3) is 0.833. The Balaban J connectivity index is 0.000000231. The molecule has 0 amide bonds. The van der Waals surface area contributed by atoms with Crippen LogP contribution in [0.2, 0.25) is 0 Å². The van der Waals surface area contributed by atoms with Gasteiger partial charge < -0.3 is 45.2 Å². The highest BCUT2D eigenvalue weighted by atomic mass is 16.6. The number of aliphatic hydroxyl groups is 7. The lowest BCUT2D eigenvalue weighted by Gasteiger charge is -2.39. The van der Waals surface area contributed by atoms with Crippen molar-refractivity contribution in [2.24, 2.45) is 0 Å². The minimum atomic E-state index is -2.44. The van der Waals surface area contributed by atoms with Crippen molar-refractivity contribution < 1.29 is 54.8 Å². The quantitative estimate of drug-likeness (QED) is 0.187. The van der Waals surface area contributed by atoms with Gasteiger partial charge in [-0.1, -0.05) is 0 Å². The largest absolute Gasteiger partial charge is 0.394 e. The topological polar surface area (TPSA) is 194 Å². The van der Waals surface area contributed by atoms with Crippen molar-refractivity contribution in [3.05, 3.63) is 0 Å². The van der Waals surface area contributed by atoms with Gasteiger partial charge in [0.2, 0.25) is 17.4 Å². The highest BCUT2D eigenvalue weighted by Crippen LogP contribution is 2.21. The third kappa shape index (κ3) is 4.73. The van der Waals surface area contributed by atoms with Crippen LogP contribution >= 0.6 is 0 Å². The van der Waals surface area contributed by atoms with Crippen molar-refractivity contribution in [2.45, 2.75) is 36.3 Å². The maximum Gasteiger partial charge on any atom is 0.231 e. The van der Waals surface area contributed by atoms with E-state index in [1.807, 2.05) is 0 Å². The summed E-state index contributed by atoms with van der Waals surface area (Å²) in [5, 5.41) is 62.2. The molecule has 0 aromatic carbocycles. The SMILES string of the molecule is O=C1COC(CO)[C@@H](O)C1=O.OCC1OCC(O)(O)[C@H](O)[C@@H]1O. The van der Waals surface area contributed by atoms with Crippen molar-refractivity contribution in [1.82, 2.24) is 0 Å². The van der Waals surface area contributed by atoms with E-state index in [-0.39, 0.29) is 6.61 Å². The number of ketones is 2. The summed E-state index contributed by atoms with van der Waals surface area (Å²) in [4.78, 5) is 21.3. The second-order valence-electron chi connectivity index (χ2n) is 5.11. The van der Waals surface area contributed by atoms with E-state index in [4.69, 9.17) is 35.7 Å². The molecule has 0 bridgehead atoms. The summed E-state index contributed by atoms with van der Waals surface area (Å²) < 4.78 is 9.32. The average Bonchev–Trinajstić information content (AvgIpc) is 2.52. The second kappa shape index (κ2) is 8.19. The van der Waals surface area contributed by atoms with Crippen molar-refractivity contribution in [3.8, 4) is 0 Å². The van der Waals surface area contributed by atoms with E-state index >= 15 is 0 Å². The first-order valence-electron chi connectivity index (χ1n) is 6.66. The van der Waals surface area contributed by atoms with Gasteiger partial charge in [0.15, 0.2) is 0 Å². The summed E-state index contributed by atoms with van der Waals surface area (Å²) in [6, 6.07) is 0. The number of rotatable bonds is 2. The average molecular weight is 340 g/mol. The molecule has 0 spiro atoms. The standard InChI is InChI=1S/C6H12O6.C6H8O5/c7-1-3-4(8)5(9)6(10,11)2-12-3;7-1-4-6(10)5(9)3(8)2-11-4/h3-5,7-11H,1-2H2;4,6-7,10H,1-2H2/t3?,4-,5-;4?,6-/m11/s1. The zero-order chi connectivity index (χ0) is 17.8. The minimum absolute atomic E-state index is 0.346. The summed E-state index contributed by atoms with van der Waals surface area (Å²) in [6.45, 7) is -1.81. The smallest absolute Gasteiger partial charge is 0.231 e. The van der Waals surface area contributed by atoms with Crippen LogP contribution in [0.15, 0.2) is 0 Å². The Labute approximate surface area is 130 Å². The Morgan fingerprint density at radius 1 is 1.00 bits per heavy atom. The van der Waals surface area contributed by atoms with Crippen LogP contribution in [0.3, 0.4) is 0 Å². The van der Waals surface area contributed by atoms with Crippen LogP contribution in [0.25, 0.3) is 0 Å². The summed E-state index contributed by atoms with van der Waals surface area (Å²) in [5.74, 6) is -4.07. The fourth-order valence-electron chi connectivity index (χ4n) is 1.88. The van der Waals surface area contributed by atoms with Crippen LogP contribution in [0, 0.1) is 0 Å². The van der Waals surface area contributed by atoms with Gasteiger partial charge >= 0.3 is 0 Å². The van der Waals surface area contributed by atoms with Crippen molar-refractivity contribution >= 4 is 11.6 Å². The Hall–Kier alpha value is -1.02. The second-order valence-corrected chi connectivity index (χ2v) is 5.11. The van der Waals surface area contributed by atoms with Crippen LogP contribution in [0.4, 0.5) is 0 Å². The number of carbonyl (C=O) groups is 2. The zero-order valence-corrected chi connectivity index (χ0v) is 12.0. The monoisotopic (exact) mass is 340 g/mol. The number of Topliss-reactive ketones (excluding diaryl/α,β-unsaturated/α-hetero) is 2. The Morgan fingerprint density at radius 3 is 2.09 bits per heavy atom. The molecular formula is C12H20O11. The molecule has 134 valence electrons. The molecule has 11 nitrogen and oxygen atoms in total. The fourth-order valence-corrected chi connectivity index (χ4v) is 1.88. The van der Waals surface area contributed by atoms with Crippen molar-refractivity contribution in [2.75, 3.05) is 26.4 Å². The van der Waals surface area contributed by atoms with Crippen LogP contribution in [-0.4, -0.2) is 110 Å². The molecule has 2 fully saturated rings. The Morgan fingerprint density at radius 2 is 1.57 bits per heavy atom. The van der Waals surface area contributed by atoms with Gasteiger partial charge in [-0.05, 0) is 0 Å². The van der Waals surface area contributed by atoms with E-state index in [0.717, 1.165) is 0 Å². The normalized spacial score (nSPS) is 37.1. The molecule has 0 saturated carbocycles. The van der Waals surface area contributed by atoms with Gasteiger partial charge in [0.05, 0.1) is 13.2 Å². The summed E-state index contributed by atoms with van der Waals surface area (Å²) in [7, 11) is 0.